The molecule has 0 amide bonds. The van der Waals surface area contributed by atoms with Crippen LogP contribution in [0.2, 0.25) is 0 Å². The molecule has 1 radical (unpaired) electrons. The van der Waals surface area contributed by atoms with E-state index in [0.29, 0.717) is 11.8 Å². The van der Waals surface area contributed by atoms with Crippen LogP contribution in [0.5, 0.6) is 0 Å². The minimum atomic E-state index is -0.0963. The predicted octanol–water partition coefficient (Wildman–Crippen LogP) is 4.38. The van der Waals surface area contributed by atoms with Crippen LogP contribution in [0.25, 0.3) is 0 Å². The lowest BCUT2D eigenvalue weighted by molar-refractivity contribution is 0.232. The van der Waals surface area contributed by atoms with E-state index in [4.69, 9.17) is 0 Å². The molecule has 0 rings (SSSR count). The topological polar surface area (TPSA) is 19.9 Å². The third kappa shape index (κ3) is 9.74. The first kappa shape index (κ1) is 14.4. The average Bonchev–Trinajstić information content (AvgIpc) is 2.23. The Bertz CT molecular complexity index is 182. The molecule has 0 aliphatic carbocycles. The smallest absolute Gasteiger partial charge is 0.100 e. The maximum absolute atomic E-state index is 10.2. The lowest BCUT2D eigenvalue weighted by Crippen LogP contribution is -1.91. The highest BCUT2D eigenvalue weighted by Gasteiger charge is 1.96. The Balaban J connectivity index is 3.63. The molecule has 0 spiro atoms. The normalized spacial score (nSPS) is 16.3. The molecule has 0 aromatic heterocycles. The van der Waals surface area contributed by atoms with E-state index in [1.807, 2.05) is 6.08 Å². The van der Waals surface area contributed by atoms with Crippen LogP contribution in [0.3, 0.4) is 0 Å². The van der Waals surface area contributed by atoms with Crippen molar-refractivity contribution in [1.82, 2.24) is 0 Å². The molecule has 0 fully saturated rings. The van der Waals surface area contributed by atoms with Gasteiger partial charge in [0, 0.05) is 0 Å². The van der Waals surface area contributed by atoms with E-state index in [9.17, 15) is 5.11 Å². The summed E-state index contributed by atoms with van der Waals surface area (Å²) in [6.07, 6.45) is 13.2. The van der Waals surface area contributed by atoms with Crippen LogP contribution in [0.4, 0.5) is 0 Å². The second kappa shape index (κ2) is 9.97. The zero-order chi connectivity index (χ0) is 11.5. The summed E-state index contributed by atoms with van der Waals surface area (Å²) in [6.45, 7) is 6.55. The number of hydrogen-bond donors (Lipinski definition) is 0. The molecule has 1 nitrogen and oxygen atoms in total. The van der Waals surface area contributed by atoms with Crippen molar-refractivity contribution in [2.45, 2.75) is 46.5 Å². The summed E-state index contributed by atoms with van der Waals surface area (Å²) < 4.78 is 0. The molecule has 0 saturated carbocycles. The van der Waals surface area contributed by atoms with Crippen molar-refractivity contribution in [3.05, 3.63) is 24.3 Å². The Morgan fingerprint density at radius 2 is 1.73 bits per heavy atom. The molecule has 2 atom stereocenters. The van der Waals surface area contributed by atoms with E-state index in [0.717, 1.165) is 6.42 Å². The predicted molar refractivity (Wildman–Crippen MR) is 66.3 cm³/mol. The lowest BCUT2D eigenvalue weighted by Gasteiger charge is -2.05. The number of allylic oxidation sites excluding steroid dienone is 3. The van der Waals surface area contributed by atoms with E-state index in [1.54, 1.807) is 6.08 Å². The van der Waals surface area contributed by atoms with Gasteiger partial charge in [-0.3, -0.25) is 0 Å². The molecule has 0 aliphatic rings. The Kier molecular flexibility index (Phi) is 9.60. The molecule has 0 saturated heterocycles. The van der Waals surface area contributed by atoms with E-state index in [-0.39, 0.29) is 6.61 Å². The third-order valence-corrected chi connectivity index (χ3v) is 2.55. The molecule has 0 bridgehead atoms. The van der Waals surface area contributed by atoms with Crippen LogP contribution in [0.1, 0.15) is 46.5 Å². The van der Waals surface area contributed by atoms with Crippen molar-refractivity contribution in [1.29, 1.82) is 0 Å². The third-order valence-electron chi connectivity index (χ3n) is 2.55. The van der Waals surface area contributed by atoms with E-state index in [2.05, 4.69) is 32.9 Å². The molecular formula is C14H25O. The summed E-state index contributed by atoms with van der Waals surface area (Å²) in [5.41, 5.74) is 0. The zero-order valence-electron chi connectivity index (χ0n) is 10.4. The highest BCUT2D eigenvalue weighted by Crippen LogP contribution is 2.11. The minimum absolute atomic E-state index is 0.0963. The van der Waals surface area contributed by atoms with Gasteiger partial charge in [-0.05, 0) is 24.7 Å². The first-order chi connectivity index (χ1) is 7.20. The fraction of sp³-hybridized carbons (Fsp3) is 0.714. The van der Waals surface area contributed by atoms with Gasteiger partial charge >= 0.3 is 0 Å². The summed E-state index contributed by atoms with van der Waals surface area (Å²) >= 11 is 0. The Hall–Kier alpha value is -0.560. The van der Waals surface area contributed by atoms with Gasteiger partial charge in [-0.2, -0.15) is 0 Å². The Morgan fingerprint density at radius 1 is 1.07 bits per heavy atom. The second-order valence-electron chi connectivity index (χ2n) is 4.36. The average molecular weight is 209 g/mol. The highest BCUT2D eigenvalue weighted by atomic mass is 16.2. The van der Waals surface area contributed by atoms with Crippen LogP contribution in [0.15, 0.2) is 24.3 Å². The molecular weight excluding hydrogens is 184 g/mol. The lowest BCUT2D eigenvalue weighted by atomic mass is 10.0. The van der Waals surface area contributed by atoms with Gasteiger partial charge in [-0.25, -0.2) is 5.11 Å². The maximum Gasteiger partial charge on any atom is 0.100 e. The fourth-order valence-corrected chi connectivity index (χ4v) is 1.51. The summed E-state index contributed by atoms with van der Waals surface area (Å²) in [5.74, 6) is 1.19. The highest BCUT2D eigenvalue weighted by molar-refractivity contribution is 4.93. The zero-order valence-corrected chi connectivity index (χ0v) is 10.4. The van der Waals surface area contributed by atoms with Crippen molar-refractivity contribution in [3.8, 4) is 0 Å². The molecule has 15 heavy (non-hydrogen) atoms. The SMILES string of the molecule is CCCCC(C)/C=C/CC(C)/C=C/C[O]. The van der Waals surface area contributed by atoms with E-state index in [1.165, 1.54) is 19.3 Å². The van der Waals surface area contributed by atoms with Gasteiger partial charge in [-0.15, -0.1) is 0 Å². The number of hydrogen-bond acceptors (Lipinski definition) is 0. The van der Waals surface area contributed by atoms with Crippen molar-refractivity contribution in [3.63, 3.8) is 0 Å². The van der Waals surface area contributed by atoms with Crippen LogP contribution >= 0.6 is 0 Å². The molecule has 2 unspecified atom stereocenters. The largest absolute Gasteiger partial charge is 0.232 e. The molecule has 0 N–H and O–H groups in total. The van der Waals surface area contributed by atoms with Gasteiger partial charge in [0.1, 0.15) is 6.61 Å². The summed E-state index contributed by atoms with van der Waals surface area (Å²) in [5, 5.41) is 10.2. The first-order valence-electron chi connectivity index (χ1n) is 6.12. The standard InChI is InChI=1S/C14H25O/c1-4-5-8-13(2)9-6-10-14(3)11-7-12-15/h6-7,9,11,13-14H,4-5,8,10,12H2,1-3H3/b9-6+,11-7+. The van der Waals surface area contributed by atoms with E-state index >= 15 is 0 Å². The van der Waals surface area contributed by atoms with Gasteiger partial charge in [0.2, 0.25) is 0 Å². The van der Waals surface area contributed by atoms with Crippen LogP contribution in [-0.2, 0) is 5.11 Å². The van der Waals surface area contributed by atoms with Crippen molar-refractivity contribution in [2.24, 2.45) is 11.8 Å². The number of unbranched alkanes of at least 4 members (excludes halogenated alkanes) is 1. The van der Waals surface area contributed by atoms with Crippen molar-refractivity contribution >= 4 is 0 Å². The first-order valence-corrected chi connectivity index (χ1v) is 6.12. The van der Waals surface area contributed by atoms with Gasteiger partial charge in [0.05, 0.1) is 0 Å². The van der Waals surface area contributed by atoms with Crippen LogP contribution < -0.4 is 0 Å². The van der Waals surface area contributed by atoms with Gasteiger partial charge in [0.15, 0.2) is 0 Å². The quantitative estimate of drug-likeness (QED) is 0.529. The van der Waals surface area contributed by atoms with Crippen LogP contribution in [-0.4, -0.2) is 6.61 Å². The van der Waals surface area contributed by atoms with E-state index < -0.39 is 0 Å². The molecule has 0 aromatic carbocycles. The minimum Gasteiger partial charge on any atom is -0.232 e. The second-order valence-corrected chi connectivity index (χ2v) is 4.36. The summed E-state index contributed by atoms with van der Waals surface area (Å²) in [4.78, 5) is 0. The summed E-state index contributed by atoms with van der Waals surface area (Å²) in [7, 11) is 0. The van der Waals surface area contributed by atoms with Gasteiger partial charge in [-0.1, -0.05) is 57.9 Å². The van der Waals surface area contributed by atoms with Gasteiger partial charge in [0.25, 0.3) is 0 Å². The van der Waals surface area contributed by atoms with Gasteiger partial charge < -0.3 is 0 Å². The molecule has 0 heterocycles. The Morgan fingerprint density at radius 3 is 2.33 bits per heavy atom. The van der Waals surface area contributed by atoms with Crippen molar-refractivity contribution in [2.75, 3.05) is 6.61 Å². The molecule has 1 heteroatoms. The van der Waals surface area contributed by atoms with Crippen molar-refractivity contribution < 1.29 is 5.11 Å². The molecule has 0 aromatic rings. The molecule has 87 valence electrons. The maximum atomic E-state index is 10.2. The summed E-state index contributed by atoms with van der Waals surface area (Å²) in [6, 6.07) is 0. The number of rotatable bonds is 8. The molecule has 0 aliphatic heterocycles. The Labute approximate surface area is 94.9 Å². The monoisotopic (exact) mass is 209 g/mol. The fourth-order valence-electron chi connectivity index (χ4n) is 1.51. The van der Waals surface area contributed by atoms with Crippen LogP contribution in [0, 0.1) is 11.8 Å².